The molecule has 1 heterocycles. The van der Waals surface area contributed by atoms with Gasteiger partial charge in [-0.2, -0.15) is 0 Å². The van der Waals surface area contributed by atoms with Crippen LogP contribution in [0.3, 0.4) is 0 Å². The monoisotopic (exact) mass is 376 g/mol. The van der Waals surface area contributed by atoms with Gasteiger partial charge in [-0.3, -0.25) is 4.79 Å². The average Bonchev–Trinajstić information content (AvgIpc) is 2.71. The number of amides is 1. The molecule has 1 amide bonds. The fourth-order valence-corrected chi connectivity index (χ4v) is 2.52. The Morgan fingerprint density at radius 2 is 1.71 bits per heavy atom. The highest BCUT2D eigenvalue weighted by Crippen LogP contribution is 2.20. The number of carbonyl (C=O) groups is 2. The van der Waals surface area contributed by atoms with Gasteiger partial charge in [0.2, 0.25) is 0 Å². The Morgan fingerprint density at radius 3 is 2.36 bits per heavy atom. The molecule has 0 aliphatic heterocycles. The van der Waals surface area contributed by atoms with Gasteiger partial charge in [0.05, 0.1) is 25.1 Å². The molecule has 0 aliphatic carbocycles. The topological polar surface area (TPSA) is 93.2 Å². The average molecular weight is 376 g/mol. The minimum Gasteiger partial charge on any atom is -0.465 e. The van der Waals surface area contributed by atoms with Crippen molar-refractivity contribution >= 4 is 29.1 Å². The lowest BCUT2D eigenvalue weighted by molar-refractivity contribution is 0.0600. The van der Waals surface area contributed by atoms with Crippen molar-refractivity contribution in [3.05, 3.63) is 77.2 Å². The van der Waals surface area contributed by atoms with Crippen LogP contribution in [0.4, 0.5) is 17.2 Å². The summed E-state index contributed by atoms with van der Waals surface area (Å²) in [6.45, 7) is 4.02. The van der Waals surface area contributed by atoms with E-state index >= 15 is 0 Å². The van der Waals surface area contributed by atoms with Crippen LogP contribution in [-0.4, -0.2) is 29.0 Å². The van der Waals surface area contributed by atoms with E-state index in [4.69, 9.17) is 0 Å². The minimum absolute atomic E-state index is 0.184. The third-order valence-electron chi connectivity index (χ3n) is 4.10. The molecule has 0 fully saturated rings. The molecule has 3 rings (SSSR count). The highest BCUT2D eigenvalue weighted by atomic mass is 16.5. The third kappa shape index (κ3) is 4.50. The van der Waals surface area contributed by atoms with Crippen molar-refractivity contribution in [3.63, 3.8) is 0 Å². The van der Waals surface area contributed by atoms with Crippen molar-refractivity contribution in [3.8, 4) is 0 Å². The Bertz CT molecular complexity index is 999. The molecule has 0 saturated heterocycles. The van der Waals surface area contributed by atoms with Crippen LogP contribution in [0.25, 0.3) is 0 Å². The number of hydrogen-bond donors (Lipinski definition) is 2. The lowest BCUT2D eigenvalue weighted by Crippen LogP contribution is -2.14. The number of carbonyl (C=O) groups excluding carboxylic acids is 2. The maximum atomic E-state index is 12.3. The Kier molecular flexibility index (Phi) is 5.64. The molecule has 7 heteroatoms. The molecule has 0 atom stereocenters. The molecule has 2 N–H and O–H groups in total. The molecular weight excluding hydrogens is 356 g/mol. The van der Waals surface area contributed by atoms with Crippen molar-refractivity contribution < 1.29 is 14.3 Å². The summed E-state index contributed by atoms with van der Waals surface area (Å²) < 4.78 is 4.64. The number of aromatic nitrogens is 2. The Morgan fingerprint density at radius 1 is 0.964 bits per heavy atom. The van der Waals surface area contributed by atoms with Crippen LogP contribution >= 0.6 is 0 Å². The molecule has 0 saturated carbocycles. The van der Waals surface area contributed by atoms with E-state index in [-0.39, 0.29) is 5.69 Å². The number of nitrogens with one attached hydrogen (secondary N) is 2. The largest absolute Gasteiger partial charge is 0.465 e. The van der Waals surface area contributed by atoms with Crippen LogP contribution in [0.15, 0.2) is 54.9 Å². The van der Waals surface area contributed by atoms with Gasteiger partial charge in [0.1, 0.15) is 11.5 Å². The fourth-order valence-electron chi connectivity index (χ4n) is 2.52. The standard InChI is InChI=1S/C21H20N4O3/c1-13-4-5-14(2)17(10-13)25-19-12-22-18(11-23-19)20(26)24-16-8-6-15(7-9-16)21(27)28-3/h4-12H,1-3H3,(H,23,25)(H,24,26). The van der Waals surface area contributed by atoms with Gasteiger partial charge >= 0.3 is 5.97 Å². The molecule has 0 radical (unpaired) electrons. The highest BCUT2D eigenvalue weighted by Gasteiger charge is 2.10. The molecule has 0 bridgehead atoms. The fraction of sp³-hybridized carbons (Fsp3) is 0.143. The molecule has 0 aliphatic rings. The number of ether oxygens (including phenoxy) is 1. The number of anilines is 3. The first-order chi connectivity index (χ1) is 13.5. The number of benzene rings is 2. The maximum absolute atomic E-state index is 12.3. The predicted molar refractivity (Wildman–Crippen MR) is 107 cm³/mol. The molecule has 2 aromatic carbocycles. The van der Waals surface area contributed by atoms with Crippen LogP contribution in [0, 0.1) is 13.8 Å². The van der Waals surface area contributed by atoms with E-state index in [0.717, 1.165) is 16.8 Å². The van der Waals surface area contributed by atoms with Crippen molar-refractivity contribution in [1.82, 2.24) is 9.97 Å². The zero-order valence-electron chi connectivity index (χ0n) is 15.8. The van der Waals surface area contributed by atoms with Gasteiger partial charge in [-0.1, -0.05) is 12.1 Å². The lowest BCUT2D eigenvalue weighted by Gasteiger charge is -2.10. The smallest absolute Gasteiger partial charge is 0.337 e. The van der Waals surface area contributed by atoms with Crippen molar-refractivity contribution in [2.24, 2.45) is 0 Å². The van der Waals surface area contributed by atoms with E-state index in [1.54, 1.807) is 24.3 Å². The molecule has 142 valence electrons. The van der Waals surface area contributed by atoms with Crippen molar-refractivity contribution in [2.75, 3.05) is 17.7 Å². The van der Waals surface area contributed by atoms with E-state index in [1.807, 2.05) is 32.0 Å². The summed E-state index contributed by atoms with van der Waals surface area (Å²) in [5, 5.41) is 5.92. The number of methoxy groups -OCH3 is 1. The van der Waals surface area contributed by atoms with Crippen LogP contribution < -0.4 is 10.6 Å². The molecule has 1 aromatic heterocycles. The van der Waals surface area contributed by atoms with E-state index in [0.29, 0.717) is 17.1 Å². The van der Waals surface area contributed by atoms with Crippen LogP contribution in [-0.2, 0) is 4.74 Å². The van der Waals surface area contributed by atoms with E-state index in [1.165, 1.54) is 19.5 Å². The number of rotatable bonds is 5. The first-order valence-corrected chi connectivity index (χ1v) is 8.62. The Hall–Kier alpha value is -3.74. The SMILES string of the molecule is COC(=O)c1ccc(NC(=O)c2cnc(Nc3cc(C)ccc3C)cn2)cc1. The summed E-state index contributed by atoms with van der Waals surface area (Å²) >= 11 is 0. The predicted octanol–water partition coefficient (Wildman–Crippen LogP) is 3.88. The third-order valence-corrected chi connectivity index (χ3v) is 4.10. The normalized spacial score (nSPS) is 10.2. The van der Waals surface area contributed by atoms with Crippen molar-refractivity contribution in [2.45, 2.75) is 13.8 Å². The first-order valence-electron chi connectivity index (χ1n) is 8.62. The van der Waals surface area contributed by atoms with Gasteiger partial charge in [0, 0.05) is 11.4 Å². The first kappa shape index (κ1) is 19.0. The van der Waals surface area contributed by atoms with Gasteiger partial charge in [-0.25, -0.2) is 14.8 Å². The van der Waals surface area contributed by atoms with E-state index in [9.17, 15) is 9.59 Å². The highest BCUT2D eigenvalue weighted by molar-refractivity contribution is 6.03. The Balaban J connectivity index is 1.66. The van der Waals surface area contributed by atoms with Crippen LogP contribution in [0.1, 0.15) is 32.0 Å². The van der Waals surface area contributed by atoms with E-state index < -0.39 is 11.9 Å². The molecule has 3 aromatic rings. The van der Waals surface area contributed by atoms with Gasteiger partial charge in [-0.15, -0.1) is 0 Å². The van der Waals surface area contributed by atoms with E-state index in [2.05, 4.69) is 25.3 Å². The molecular formula is C21H20N4O3. The summed E-state index contributed by atoms with van der Waals surface area (Å²) in [6.07, 6.45) is 2.92. The second-order valence-corrected chi connectivity index (χ2v) is 6.25. The van der Waals surface area contributed by atoms with Crippen LogP contribution in [0.2, 0.25) is 0 Å². The second-order valence-electron chi connectivity index (χ2n) is 6.25. The summed E-state index contributed by atoms with van der Waals surface area (Å²) in [6, 6.07) is 12.5. The zero-order valence-corrected chi connectivity index (χ0v) is 15.8. The second kappa shape index (κ2) is 8.30. The number of esters is 1. The Labute approximate surface area is 162 Å². The van der Waals surface area contributed by atoms with Gasteiger partial charge in [0.15, 0.2) is 0 Å². The molecule has 28 heavy (non-hydrogen) atoms. The summed E-state index contributed by atoms with van der Waals surface area (Å²) in [5.41, 5.74) is 4.29. The molecule has 7 nitrogen and oxygen atoms in total. The van der Waals surface area contributed by atoms with Gasteiger partial charge < -0.3 is 15.4 Å². The maximum Gasteiger partial charge on any atom is 0.337 e. The van der Waals surface area contributed by atoms with Crippen molar-refractivity contribution in [1.29, 1.82) is 0 Å². The zero-order chi connectivity index (χ0) is 20.1. The minimum atomic E-state index is -0.435. The summed E-state index contributed by atoms with van der Waals surface area (Å²) in [7, 11) is 1.31. The molecule has 0 unspecified atom stereocenters. The summed E-state index contributed by atoms with van der Waals surface area (Å²) in [4.78, 5) is 32.2. The molecule has 0 spiro atoms. The van der Waals surface area contributed by atoms with Gasteiger partial charge in [-0.05, 0) is 55.3 Å². The quantitative estimate of drug-likeness (QED) is 0.657. The number of hydrogen-bond acceptors (Lipinski definition) is 6. The summed E-state index contributed by atoms with van der Waals surface area (Å²) in [5.74, 6) is -0.278. The number of aryl methyl sites for hydroxylation is 2. The number of nitrogens with zero attached hydrogens (tertiary/aromatic N) is 2. The lowest BCUT2D eigenvalue weighted by atomic mass is 10.1. The van der Waals surface area contributed by atoms with Gasteiger partial charge in [0.25, 0.3) is 5.91 Å². The van der Waals surface area contributed by atoms with Crippen LogP contribution in [0.5, 0.6) is 0 Å².